The lowest BCUT2D eigenvalue weighted by Crippen LogP contribution is -2.13. The molecule has 0 saturated heterocycles. The van der Waals surface area contributed by atoms with E-state index < -0.39 is 0 Å². The van der Waals surface area contributed by atoms with Gasteiger partial charge in [0.15, 0.2) is 0 Å². The Balaban J connectivity index is 1.96. The van der Waals surface area contributed by atoms with Crippen LogP contribution in [0.5, 0.6) is 0 Å². The Kier molecular flexibility index (Phi) is 5.11. The summed E-state index contributed by atoms with van der Waals surface area (Å²) in [7, 11) is 0. The number of nitrogens with one attached hydrogen (secondary N) is 1. The lowest BCUT2D eigenvalue weighted by Gasteiger charge is -1.99. The summed E-state index contributed by atoms with van der Waals surface area (Å²) in [5, 5.41) is 14.5. The second kappa shape index (κ2) is 6.83. The predicted octanol–water partition coefficient (Wildman–Crippen LogP) is 3.28. The highest BCUT2D eigenvalue weighted by Gasteiger charge is 2.06. The van der Waals surface area contributed by atoms with Crippen LogP contribution >= 0.6 is 22.9 Å². The van der Waals surface area contributed by atoms with Gasteiger partial charge in [-0.25, -0.2) is 0 Å². The third kappa shape index (κ3) is 3.77. The van der Waals surface area contributed by atoms with Crippen molar-refractivity contribution in [1.29, 1.82) is 0 Å². The molecule has 96 valence electrons. The molecule has 1 N–H and O–H groups in total. The smallest absolute Gasteiger partial charge is 0.131 e. The second-order valence-electron chi connectivity index (χ2n) is 4.03. The minimum Gasteiger partial charge on any atom is -0.310 e. The van der Waals surface area contributed by atoms with E-state index in [0.29, 0.717) is 0 Å². The van der Waals surface area contributed by atoms with Crippen molar-refractivity contribution in [2.45, 2.75) is 26.3 Å². The van der Waals surface area contributed by atoms with Gasteiger partial charge in [0.1, 0.15) is 10.0 Å². The van der Waals surface area contributed by atoms with Crippen LogP contribution in [0.1, 0.15) is 28.9 Å². The lowest BCUT2D eigenvalue weighted by atomic mass is 10.2. The van der Waals surface area contributed by atoms with Crippen LogP contribution < -0.4 is 5.32 Å². The molecule has 0 fully saturated rings. The van der Waals surface area contributed by atoms with Crippen LogP contribution in [0.3, 0.4) is 0 Å². The summed E-state index contributed by atoms with van der Waals surface area (Å²) in [5.41, 5.74) is 1.10. The van der Waals surface area contributed by atoms with Crippen LogP contribution in [0.4, 0.5) is 0 Å². The maximum Gasteiger partial charge on any atom is 0.131 e. The SMILES string of the molecule is CCCNCc1nnc(Cc2ccccc2Cl)s1. The molecule has 0 saturated carbocycles. The van der Waals surface area contributed by atoms with E-state index in [1.165, 1.54) is 0 Å². The molecule has 0 radical (unpaired) electrons. The van der Waals surface area contributed by atoms with Crippen molar-refractivity contribution < 1.29 is 0 Å². The van der Waals surface area contributed by atoms with Crippen molar-refractivity contribution in [1.82, 2.24) is 15.5 Å². The molecule has 3 nitrogen and oxygen atoms in total. The Hall–Kier alpha value is -0.970. The average Bonchev–Trinajstić information content (AvgIpc) is 2.80. The number of halogens is 1. The van der Waals surface area contributed by atoms with Crippen molar-refractivity contribution in [3.8, 4) is 0 Å². The summed E-state index contributed by atoms with van der Waals surface area (Å²) >= 11 is 7.77. The van der Waals surface area contributed by atoms with Gasteiger partial charge < -0.3 is 5.32 Å². The van der Waals surface area contributed by atoms with Gasteiger partial charge in [0.25, 0.3) is 0 Å². The largest absolute Gasteiger partial charge is 0.310 e. The molecule has 2 aromatic rings. The summed E-state index contributed by atoms with van der Waals surface area (Å²) in [4.78, 5) is 0. The van der Waals surface area contributed by atoms with Gasteiger partial charge in [0.2, 0.25) is 0 Å². The van der Waals surface area contributed by atoms with Crippen LogP contribution in [-0.4, -0.2) is 16.7 Å². The molecule has 0 spiro atoms. The van der Waals surface area contributed by atoms with Gasteiger partial charge in [-0.2, -0.15) is 0 Å². The van der Waals surface area contributed by atoms with Crippen LogP contribution in [0.15, 0.2) is 24.3 Å². The molecule has 0 aliphatic carbocycles. The van der Waals surface area contributed by atoms with E-state index in [-0.39, 0.29) is 0 Å². The van der Waals surface area contributed by atoms with Gasteiger partial charge >= 0.3 is 0 Å². The first-order chi connectivity index (χ1) is 8.79. The molecule has 1 aromatic carbocycles. The van der Waals surface area contributed by atoms with Crippen molar-refractivity contribution in [3.05, 3.63) is 44.9 Å². The summed E-state index contributed by atoms with van der Waals surface area (Å²) < 4.78 is 0. The number of aromatic nitrogens is 2. The van der Waals surface area contributed by atoms with Crippen LogP contribution in [0, 0.1) is 0 Å². The summed E-state index contributed by atoms with van der Waals surface area (Å²) in [6, 6.07) is 7.86. The van der Waals surface area contributed by atoms with E-state index in [9.17, 15) is 0 Å². The van der Waals surface area contributed by atoms with Gasteiger partial charge in [0, 0.05) is 18.0 Å². The maximum absolute atomic E-state index is 6.13. The topological polar surface area (TPSA) is 37.8 Å². The normalized spacial score (nSPS) is 10.8. The fourth-order valence-corrected chi connectivity index (χ4v) is 2.65. The summed E-state index contributed by atoms with van der Waals surface area (Å²) in [5.74, 6) is 0. The Morgan fingerprint density at radius 1 is 1.22 bits per heavy atom. The first kappa shape index (κ1) is 13.5. The Morgan fingerprint density at radius 3 is 2.78 bits per heavy atom. The molecule has 5 heteroatoms. The molecule has 0 amide bonds. The van der Waals surface area contributed by atoms with Crippen molar-refractivity contribution in [2.24, 2.45) is 0 Å². The molecule has 1 heterocycles. The van der Waals surface area contributed by atoms with Gasteiger partial charge in [-0.15, -0.1) is 10.2 Å². The monoisotopic (exact) mass is 281 g/mol. The molecule has 1 aromatic heterocycles. The number of hydrogen-bond donors (Lipinski definition) is 1. The van der Waals surface area contributed by atoms with Gasteiger partial charge in [-0.1, -0.05) is 48.1 Å². The predicted molar refractivity (Wildman–Crippen MR) is 76.2 cm³/mol. The van der Waals surface area contributed by atoms with Crippen LogP contribution in [-0.2, 0) is 13.0 Å². The summed E-state index contributed by atoms with van der Waals surface area (Å²) in [6.45, 7) is 3.96. The first-order valence-corrected chi connectivity index (χ1v) is 7.24. The van der Waals surface area contributed by atoms with E-state index in [1.54, 1.807) is 11.3 Å². The fraction of sp³-hybridized carbons (Fsp3) is 0.385. The number of nitrogens with zero attached hydrogens (tertiary/aromatic N) is 2. The molecule has 2 rings (SSSR count). The van der Waals surface area contributed by atoms with Gasteiger partial charge in [-0.05, 0) is 24.6 Å². The molecule has 18 heavy (non-hydrogen) atoms. The van der Waals surface area contributed by atoms with E-state index >= 15 is 0 Å². The molecule has 0 atom stereocenters. The van der Waals surface area contributed by atoms with E-state index in [4.69, 9.17) is 11.6 Å². The highest BCUT2D eigenvalue weighted by atomic mass is 35.5. The molecular formula is C13H16ClN3S. The third-order valence-corrected chi connectivity index (χ3v) is 3.80. The number of benzene rings is 1. The minimum absolute atomic E-state index is 0.755. The van der Waals surface area contributed by atoms with Crippen molar-refractivity contribution >= 4 is 22.9 Å². The van der Waals surface area contributed by atoms with Crippen molar-refractivity contribution in [2.75, 3.05) is 6.54 Å². The molecule has 0 aliphatic rings. The third-order valence-electron chi connectivity index (χ3n) is 2.51. The molecule has 0 unspecified atom stereocenters. The first-order valence-electron chi connectivity index (χ1n) is 6.05. The summed E-state index contributed by atoms with van der Waals surface area (Å²) in [6.07, 6.45) is 1.89. The highest BCUT2D eigenvalue weighted by molar-refractivity contribution is 7.11. The number of hydrogen-bond acceptors (Lipinski definition) is 4. The standard InChI is InChI=1S/C13H16ClN3S/c1-2-7-15-9-13-17-16-12(18-13)8-10-5-3-4-6-11(10)14/h3-6,15H,2,7-9H2,1H3. The van der Waals surface area contributed by atoms with Crippen LogP contribution in [0.25, 0.3) is 0 Å². The number of rotatable bonds is 6. The van der Waals surface area contributed by atoms with E-state index in [1.807, 2.05) is 24.3 Å². The fourth-order valence-electron chi connectivity index (χ4n) is 1.61. The van der Waals surface area contributed by atoms with Crippen LogP contribution in [0.2, 0.25) is 5.02 Å². The highest BCUT2D eigenvalue weighted by Crippen LogP contribution is 2.20. The second-order valence-corrected chi connectivity index (χ2v) is 5.59. The molecular weight excluding hydrogens is 266 g/mol. The Labute approximate surface area is 116 Å². The Bertz CT molecular complexity index is 498. The zero-order valence-electron chi connectivity index (χ0n) is 10.3. The zero-order valence-corrected chi connectivity index (χ0v) is 11.9. The quantitative estimate of drug-likeness (QED) is 0.826. The molecule has 0 bridgehead atoms. The van der Waals surface area contributed by atoms with Gasteiger partial charge in [0.05, 0.1) is 0 Å². The van der Waals surface area contributed by atoms with E-state index in [2.05, 4.69) is 22.4 Å². The average molecular weight is 282 g/mol. The lowest BCUT2D eigenvalue weighted by molar-refractivity contribution is 0.668. The van der Waals surface area contributed by atoms with Gasteiger partial charge in [-0.3, -0.25) is 0 Å². The van der Waals surface area contributed by atoms with E-state index in [0.717, 1.165) is 46.5 Å². The Morgan fingerprint density at radius 2 is 2.00 bits per heavy atom. The zero-order chi connectivity index (χ0) is 12.8. The maximum atomic E-state index is 6.13. The molecule has 0 aliphatic heterocycles. The minimum atomic E-state index is 0.755. The van der Waals surface area contributed by atoms with Crippen molar-refractivity contribution in [3.63, 3.8) is 0 Å².